The molecule has 2 aliphatic heterocycles. The Morgan fingerprint density at radius 1 is 1.22 bits per heavy atom. The Morgan fingerprint density at radius 3 is 2.87 bits per heavy atom. The van der Waals surface area contributed by atoms with E-state index in [1.54, 1.807) is 11.8 Å². The molecule has 118 valence electrons. The number of hydrogen-bond acceptors (Lipinski definition) is 4. The van der Waals surface area contributed by atoms with E-state index < -0.39 is 0 Å². The molecule has 2 atom stereocenters. The first kappa shape index (κ1) is 14.4. The van der Waals surface area contributed by atoms with Crippen molar-refractivity contribution in [3.05, 3.63) is 54.1 Å². The van der Waals surface area contributed by atoms with Crippen molar-refractivity contribution >= 4 is 29.0 Å². The van der Waals surface area contributed by atoms with Gasteiger partial charge in [0.2, 0.25) is 6.29 Å². The van der Waals surface area contributed by atoms with Crippen LogP contribution in [-0.2, 0) is 0 Å². The summed E-state index contributed by atoms with van der Waals surface area (Å²) in [6.45, 7) is 0.900. The number of hydrogen-bond donors (Lipinski definition) is 3. The van der Waals surface area contributed by atoms with E-state index in [1.165, 1.54) is 0 Å². The number of nitrogen functional groups attached to an aromatic ring is 1. The summed E-state index contributed by atoms with van der Waals surface area (Å²) in [6.07, 6.45) is -0.00359. The van der Waals surface area contributed by atoms with Crippen molar-refractivity contribution in [1.29, 1.82) is 0 Å². The molecule has 4 rings (SSSR count). The highest BCUT2D eigenvalue weighted by atomic mass is 32.2. The maximum atomic E-state index is 12.8. The van der Waals surface area contributed by atoms with Gasteiger partial charge in [0.1, 0.15) is 6.54 Å². The van der Waals surface area contributed by atoms with Gasteiger partial charge in [0.05, 0.1) is 17.3 Å². The Morgan fingerprint density at radius 2 is 2.00 bits per heavy atom. The number of thioether (sulfide) groups is 1. The number of nitrogens with two attached hydrogens (primary N) is 2. The van der Waals surface area contributed by atoms with Crippen LogP contribution in [0.1, 0.15) is 10.4 Å². The molecule has 2 aromatic carbocycles. The van der Waals surface area contributed by atoms with Crippen molar-refractivity contribution in [2.75, 3.05) is 23.3 Å². The molecule has 0 radical (unpaired) electrons. The normalized spacial score (nSPS) is 22.4. The molecule has 2 aromatic rings. The van der Waals surface area contributed by atoms with Crippen LogP contribution in [0.2, 0.25) is 0 Å². The lowest BCUT2D eigenvalue weighted by Crippen LogP contribution is -2.91. The molecular formula is C17H19N4OS+. The van der Waals surface area contributed by atoms with Crippen LogP contribution >= 0.6 is 11.8 Å². The number of carbonyl (C=O) groups is 1. The van der Waals surface area contributed by atoms with Gasteiger partial charge >= 0.3 is 0 Å². The summed E-state index contributed by atoms with van der Waals surface area (Å²) in [4.78, 5) is 15.9. The van der Waals surface area contributed by atoms with Crippen LogP contribution in [0.25, 0.3) is 0 Å². The van der Waals surface area contributed by atoms with Crippen LogP contribution in [0.3, 0.4) is 0 Å². The van der Waals surface area contributed by atoms with Crippen molar-refractivity contribution in [2.24, 2.45) is 0 Å². The van der Waals surface area contributed by atoms with Gasteiger partial charge in [-0.2, -0.15) is 0 Å². The fourth-order valence-corrected chi connectivity index (χ4v) is 4.28. The summed E-state index contributed by atoms with van der Waals surface area (Å²) in [6, 6.07) is 15.8. The summed E-state index contributed by atoms with van der Waals surface area (Å²) >= 11 is 1.72. The van der Waals surface area contributed by atoms with Gasteiger partial charge in [-0.25, -0.2) is 0 Å². The average Bonchev–Trinajstić information content (AvgIpc) is 2.98. The second kappa shape index (κ2) is 5.79. The highest BCUT2D eigenvalue weighted by Gasteiger charge is 2.44. The minimum absolute atomic E-state index is 0.00359. The first-order chi connectivity index (χ1) is 11.2. The van der Waals surface area contributed by atoms with Crippen molar-refractivity contribution in [3.63, 3.8) is 0 Å². The lowest BCUT2D eigenvalue weighted by molar-refractivity contribution is -0.672. The lowest BCUT2D eigenvalue weighted by Gasteiger charge is -2.32. The van der Waals surface area contributed by atoms with Crippen LogP contribution in [0.15, 0.2) is 53.4 Å². The monoisotopic (exact) mass is 327 g/mol. The van der Waals surface area contributed by atoms with Gasteiger partial charge in [0.15, 0.2) is 0 Å². The second-order valence-electron chi connectivity index (χ2n) is 5.82. The molecule has 2 heterocycles. The summed E-state index contributed by atoms with van der Waals surface area (Å²) < 4.78 is 0. The Hall–Kier alpha value is -2.18. The number of benzene rings is 2. The highest BCUT2D eigenvalue weighted by Crippen LogP contribution is 2.30. The predicted octanol–water partition coefficient (Wildman–Crippen LogP) is 1.16. The first-order valence-corrected chi connectivity index (χ1v) is 8.71. The number of quaternary nitrogens is 1. The highest BCUT2D eigenvalue weighted by molar-refractivity contribution is 7.99. The molecule has 0 aliphatic carbocycles. The van der Waals surface area contributed by atoms with Crippen LogP contribution in [-0.4, -0.2) is 35.4 Å². The van der Waals surface area contributed by atoms with Crippen LogP contribution in [0.4, 0.5) is 11.4 Å². The molecule has 0 bridgehead atoms. The fraction of sp³-hybridized carbons (Fsp3) is 0.235. The SMILES string of the molecule is Nc1ccccc1SC[C@H]1C[NH2+][C@@H]2Nc3ccccc3C(=O)N12. The molecule has 5 N–H and O–H groups in total. The summed E-state index contributed by atoms with van der Waals surface area (Å²) in [7, 11) is 0. The topological polar surface area (TPSA) is 75.0 Å². The Kier molecular flexibility index (Phi) is 3.63. The van der Waals surface area contributed by atoms with Gasteiger partial charge in [0.25, 0.3) is 5.91 Å². The van der Waals surface area contributed by atoms with E-state index in [2.05, 4.69) is 10.6 Å². The van der Waals surface area contributed by atoms with Crippen molar-refractivity contribution in [1.82, 2.24) is 4.90 Å². The summed E-state index contributed by atoms with van der Waals surface area (Å²) in [5.41, 5.74) is 8.49. The number of amides is 1. The minimum Gasteiger partial charge on any atom is -0.398 e. The number of carbonyl (C=O) groups excluding carboxylic acids is 1. The number of para-hydroxylation sites is 2. The zero-order chi connectivity index (χ0) is 15.8. The summed E-state index contributed by atoms with van der Waals surface area (Å²) in [5.74, 6) is 0.960. The van der Waals surface area contributed by atoms with Crippen molar-refractivity contribution < 1.29 is 10.1 Å². The molecule has 1 fully saturated rings. The third-order valence-electron chi connectivity index (χ3n) is 4.37. The van der Waals surface area contributed by atoms with E-state index >= 15 is 0 Å². The number of anilines is 2. The Labute approximate surface area is 139 Å². The smallest absolute Gasteiger partial charge is 0.262 e. The lowest BCUT2D eigenvalue weighted by atomic mass is 10.1. The van der Waals surface area contributed by atoms with Crippen LogP contribution < -0.4 is 16.4 Å². The van der Waals surface area contributed by atoms with Gasteiger partial charge < -0.3 is 16.4 Å². The molecule has 1 amide bonds. The van der Waals surface area contributed by atoms with Crippen molar-refractivity contribution in [3.8, 4) is 0 Å². The van der Waals surface area contributed by atoms with Gasteiger partial charge in [-0.3, -0.25) is 9.69 Å². The molecule has 23 heavy (non-hydrogen) atoms. The molecule has 6 heteroatoms. The minimum atomic E-state index is -0.00359. The Balaban J connectivity index is 1.52. The average molecular weight is 327 g/mol. The third kappa shape index (κ3) is 2.54. The molecule has 0 unspecified atom stereocenters. The molecular weight excluding hydrogens is 308 g/mol. The van der Waals surface area contributed by atoms with Gasteiger partial charge in [-0.15, -0.1) is 11.8 Å². The fourth-order valence-electron chi connectivity index (χ4n) is 3.20. The van der Waals surface area contributed by atoms with Gasteiger partial charge in [0, 0.05) is 16.3 Å². The van der Waals surface area contributed by atoms with Gasteiger partial charge in [-0.05, 0) is 24.3 Å². The van der Waals surface area contributed by atoms with E-state index in [0.29, 0.717) is 0 Å². The van der Waals surface area contributed by atoms with E-state index in [0.717, 1.165) is 34.1 Å². The zero-order valence-corrected chi connectivity index (χ0v) is 13.4. The van der Waals surface area contributed by atoms with E-state index in [4.69, 9.17) is 5.73 Å². The van der Waals surface area contributed by atoms with E-state index in [1.807, 2.05) is 53.4 Å². The number of nitrogens with one attached hydrogen (secondary N) is 1. The van der Waals surface area contributed by atoms with Gasteiger partial charge in [-0.1, -0.05) is 24.3 Å². The van der Waals surface area contributed by atoms with Crippen LogP contribution in [0.5, 0.6) is 0 Å². The third-order valence-corrected chi connectivity index (χ3v) is 5.60. The first-order valence-electron chi connectivity index (χ1n) is 7.73. The summed E-state index contributed by atoms with van der Waals surface area (Å²) in [5, 5.41) is 5.63. The van der Waals surface area contributed by atoms with E-state index in [9.17, 15) is 4.79 Å². The molecule has 1 saturated heterocycles. The molecule has 0 saturated carbocycles. The largest absolute Gasteiger partial charge is 0.398 e. The Bertz CT molecular complexity index is 751. The molecule has 5 nitrogen and oxygen atoms in total. The zero-order valence-electron chi connectivity index (χ0n) is 12.6. The molecule has 0 spiro atoms. The number of nitrogens with zero attached hydrogens (tertiary/aromatic N) is 1. The molecule has 0 aromatic heterocycles. The van der Waals surface area contributed by atoms with Crippen LogP contribution in [0, 0.1) is 0 Å². The predicted molar refractivity (Wildman–Crippen MR) is 92.2 cm³/mol. The maximum absolute atomic E-state index is 12.8. The molecule has 2 aliphatic rings. The second-order valence-corrected chi connectivity index (χ2v) is 6.88. The quantitative estimate of drug-likeness (QED) is 0.584. The standard InChI is InChI=1S/C17H18N4OS/c18-13-6-2-4-8-15(13)23-10-11-9-19-17-20-14-7-3-1-5-12(14)16(22)21(11)17/h1-8,11,17,19-20H,9-10,18H2/p+1/t11-,17-/m1/s1. The van der Waals surface area contributed by atoms with E-state index in [-0.39, 0.29) is 18.2 Å². The number of fused-ring (bicyclic) bond motifs is 2. The van der Waals surface area contributed by atoms with Crippen molar-refractivity contribution in [2.45, 2.75) is 17.2 Å². The number of rotatable bonds is 3. The maximum Gasteiger partial charge on any atom is 0.262 e.